The van der Waals surface area contributed by atoms with Crippen LogP contribution < -0.4 is 28.1 Å². The number of aryl methyl sites for hydroxylation is 2. The number of benzene rings is 1. The molecule has 0 saturated carbocycles. The number of fused-ring (bicyclic) bond motifs is 1. The van der Waals surface area contributed by atoms with E-state index in [9.17, 15) is 0 Å². The molecule has 14 heavy (non-hydrogen) atoms. The molecule has 0 atom stereocenters. The van der Waals surface area contributed by atoms with Gasteiger partial charge in [-0.15, -0.1) is 0 Å². The summed E-state index contributed by atoms with van der Waals surface area (Å²) in [5.74, 6) is 0. The van der Waals surface area contributed by atoms with Crippen LogP contribution in [0, 0.1) is 13.8 Å². The molecule has 0 aliphatic rings. The molecule has 73 valence electrons. The molecular weight excluding hydrogens is 384 g/mol. The molecule has 4 heteroatoms. The summed E-state index contributed by atoms with van der Waals surface area (Å²) in [5, 5.41) is 1.45. The maximum absolute atomic E-state index is 3.39. The van der Waals surface area contributed by atoms with Crippen molar-refractivity contribution in [2.75, 3.05) is 0 Å². The van der Waals surface area contributed by atoms with Crippen LogP contribution in [0.25, 0.3) is 10.9 Å². The van der Waals surface area contributed by atoms with Crippen LogP contribution in [-0.2, 0) is 24.4 Å². The van der Waals surface area contributed by atoms with Crippen LogP contribution in [0.2, 0.25) is 0 Å². The van der Waals surface area contributed by atoms with Gasteiger partial charge in [-0.3, -0.25) is 0 Å². The Morgan fingerprint density at radius 2 is 1.79 bits per heavy atom. The van der Waals surface area contributed by atoms with Crippen LogP contribution in [0.5, 0.6) is 0 Å². The first-order valence-electron chi connectivity index (χ1n) is 3.99. The zero-order valence-electron chi connectivity index (χ0n) is 7.99. The first-order valence-corrected chi connectivity index (χ1v) is 5.79. The number of rotatable bonds is 0. The molecule has 0 radical (unpaired) electrons. The molecule has 1 N–H and O–H groups in total. The van der Waals surface area contributed by atoms with Gasteiger partial charge in [-0.05, 0) is 0 Å². The molecule has 0 spiro atoms. The van der Waals surface area contributed by atoms with Gasteiger partial charge in [0.1, 0.15) is 0 Å². The molecular formula is C10H10Cl2HfN. The Kier molecular flexibility index (Phi) is 5.42. The summed E-state index contributed by atoms with van der Waals surface area (Å²) >= 11 is 1.13. The van der Waals surface area contributed by atoms with E-state index in [2.05, 4.69) is 37.0 Å². The molecule has 0 amide bonds. The SMILES string of the molecule is Cc1[nH]c2ccc[c]([Hf+2])c2c1C.[Cl-].[Cl-]. The van der Waals surface area contributed by atoms with E-state index in [1.54, 1.807) is 0 Å². The van der Waals surface area contributed by atoms with E-state index in [-0.39, 0.29) is 24.8 Å². The Hall–Kier alpha value is 0.210. The van der Waals surface area contributed by atoms with Gasteiger partial charge in [0.15, 0.2) is 0 Å². The van der Waals surface area contributed by atoms with E-state index in [0.29, 0.717) is 0 Å². The van der Waals surface area contributed by atoms with Gasteiger partial charge in [-0.1, -0.05) is 0 Å². The minimum Gasteiger partial charge on any atom is -1.00 e. The molecule has 0 bridgehead atoms. The molecule has 1 aromatic carbocycles. The van der Waals surface area contributed by atoms with Crippen molar-refractivity contribution in [2.45, 2.75) is 13.8 Å². The summed E-state index contributed by atoms with van der Waals surface area (Å²) in [6.45, 7) is 4.33. The number of hydrogen-bond donors (Lipinski definition) is 1. The van der Waals surface area contributed by atoms with Crippen molar-refractivity contribution in [1.29, 1.82) is 0 Å². The number of hydrogen-bond acceptors (Lipinski definition) is 0. The van der Waals surface area contributed by atoms with Crippen molar-refractivity contribution in [3.63, 3.8) is 0 Å². The van der Waals surface area contributed by atoms with Crippen molar-refractivity contribution in [2.24, 2.45) is 0 Å². The van der Waals surface area contributed by atoms with Crippen molar-refractivity contribution >= 4 is 14.2 Å². The van der Waals surface area contributed by atoms with Gasteiger partial charge in [-0.25, -0.2) is 0 Å². The van der Waals surface area contributed by atoms with Gasteiger partial charge in [0.25, 0.3) is 0 Å². The van der Waals surface area contributed by atoms with Crippen LogP contribution >= 0.6 is 0 Å². The third kappa shape index (κ3) is 2.23. The number of nitrogens with one attached hydrogen (secondary N) is 1. The number of H-pyrrole nitrogens is 1. The van der Waals surface area contributed by atoms with Crippen LogP contribution in [0.15, 0.2) is 18.2 Å². The van der Waals surface area contributed by atoms with E-state index < -0.39 is 0 Å². The monoisotopic (exact) mass is 394 g/mol. The number of aromatic amines is 1. The summed E-state index contributed by atoms with van der Waals surface area (Å²) in [4.78, 5) is 3.39. The predicted molar refractivity (Wildman–Crippen MR) is 47.4 cm³/mol. The Morgan fingerprint density at radius 1 is 1.14 bits per heavy atom. The summed E-state index contributed by atoms with van der Waals surface area (Å²) in [6.07, 6.45) is 0. The fourth-order valence-corrected chi connectivity index (χ4v) is 3.05. The van der Waals surface area contributed by atoms with Crippen molar-refractivity contribution in [3.8, 4) is 0 Å². The van der Waals surface area contributed by atoms with E-state index in [1.807, 2.05) is 0 Å². The van der Waals surface area contributed by atoms with E-state index in [1.165, 1.54) is 25.5 Å². The van der Waals surface area contributed by atoms with E-state index in [4.69, 9.17) is 0 Å². The smallest absolute Gasteiger partial charge is 1.00 e. The molecule has 1 aromatic heterocycles. The van der Waals surface area contributed by atoms with E-state index >= 15 is 0 Å². The first kappa shape index (κ1) is 14.2. The molecule has 2 rings (SSSR count). The van der Waals surface area contributed by atoms with Crippen LogP contribution in [0.1, 0.15) is 11.3 Å². The van der Waals surface area contributed by atoms with Crippen molar-refractivity contribution in [1.82, 2.24) is 4.98 Å². The molecule has 0 fully saturated rings. The topological polar surface area (TPSA) is 15.8 Å². The maximum Gasteiger partial charge on any atom is -1.00 e. The first-order chi connectivity index (χ1) is 5.70. The predicted octanol–water partition coefficient (Wildman–Crippen LogP) is -4.04. The normalized spacial score (nSPS) is 9.43. The Balaban J connectivity index is 0.000000845. The molecule has 0 aliphatic heterocycles. The van der Waals surface area contributed by atoms with Gasteiger partial charge >= 0.3 is 86.9 Å². The quantitative estimate of drug-likeness (QED) is 0.439. The Bertz CT molecular complexity index is 437. The molecule has 2 aromatic rings. The summed E-state index contributed by atoms with van der Waals surface area (Å²) < 4.78 is 1.49. The Morgan fingerprint density at radius 3 is 2.36 bits per heavy atom. The average Bonchev–Trinajstić information content (AvgIpc) is 2.29. The third-order valence-electron chi connectivity index (χ3n) is 2.32. The fraction of sp³-hybridized carbons (Fsp3) is 0.200. The van der Waals surface area contributed by atoms with Crippen LogP contribution in [-0.4, -0.2) is 4.98 Å². The van der Waals surface area contributed by atoms with Crippen LogP contribution in [0.3, 0.4) is 0 Å². The second kappa shape index (κ2) is 5.34. The van der Waals surface area contributed by atoms with Gasteiger partial charge in [-0.2, -0.15) is 0 Å². The molecule has 1 nitrogen and oxygen atoms in total. The third-order valence-corrected chi connectivity index (χ3v) is 3.82. The second-order valence-corrected chi connectivity index (χ2v) is 5.04. The second-order valence-electron chi connectivity index (χ2n) is 3.10. The van der Waals surface area contributed by atoms with Gasteiger partial charge in [0, 0.05) is 0 Å². The molecule has 1 heterocycles. The molecule has 0 saturated heterocycles. The van der Waals surface area contributed by atoms with Gasteiger partial charge in [0.2, 0.25) is 0 Å². The standard InChI is InChI=1S/C10H10N.2ClH.Hf/c1-7-8(2)11-10-6-4-3-5-9(7)10;;;/h3-4,6,11H,1-2H3;2*1H;/q;;;+2/p-2. The van der Waals surface area contributed by atoms with E-state index in [0.717, 1.165) is 24.4 Å². The number of halogens is 2. The summed E-state index contributed by atoms with van der Waals surface area (Å²) in [6, 6.07) is 6.49. The Labute approximate surface area is 111 Å². The zero-order valence-corrected chi connectivity index (χ0v) is 13.1. The zero-order chi connectivity index (χ0) is 8.72. The largest absolute Gasteiger partial charge is 1.00 e. The fourth-order valence-electron chi connectivity index (χ4n) is 1.54. The molecule has 0 aliphatic carbocycles. The average molecular weight is 394 g/mol. The van der Waals surface area contributed by atoms with Crippen LogP contribution in [0.4, 0.5) is 0 Å². The molecule has 0 unspecified atom stereocenters. The van der Waals surface area contributed by atoms with Gasteiger partial charge < -0.3 is 24.8 Å². The summed E-state index contributed by atoms with van der Waals surface area (Å²) in [5.41, 5.74) is 4.00. The maximum atomic E-state index is 3.39. The minimum absolute atomic E-state index is 0. The van der Waals surface area contributed by atoms with Gasteiger partial charge in [0.05, 0.1) is 0 Å². The van der Waals surface area contributed by atoms with Crippen molar-refractivity contribution < 1.29 is 49.2 Å². The summed E-state index contributed by atoms with van der Waals surface area (Å²) in [7, 11) is 0. The van der Waals surface area contributed by atoms with Crippen molar-refractivity contribution in [3.05, 3.63) is 29.5 Å². The minimum atomic E-state index is 0. The number of aromatic nitrogens is 1.